The number of aromatic nitrogens is 3. The van der Waals surface area contributed by atoms with E-state index >= 15 is 0 Å². The molecular formula is C18H17N5O3S. The Morgan fingerprint density at radius 2 is 2.07 bits per heavy atom. The van der Waals surface area contributed by atoms with Gasteiger partial charge in [0.15, 0.2) is 5.06 Å². The van der Waals surface area contributed by atoms with E-state index in [4.69, 9.17) is 0 Å². The third-order valence-electron chi connectivity index (χ3n) is 4.42. The maximum absolute atomic E-state index is 12.4. The van der Waals surface area contributed by atoms with Crippen LogP contribution < -0.4 is 15.7 Å². The summed E-state index contributed by atoms with van der Waals surface area (Å²) in [5.41, 5.74) is 3.07. The molecule has 0 saturated carbocycles. The van der Waals surface area contributed by atoms with Crippen LogP contribution in [0.5, 0.6) is 5.06 Å². The molecule has 0 aliphatic carbocycles. The zero-order valence-electron chi connectivity index (χ0n) is 14.7. The summed E-state index contributed by atoms with van der Waals surface area (Å²) in [5, 5.41) is 17.8. The van der Waals surface area contributed by atoms with Crippen LogP contribution in [0.2, 0.25) is 0 Å². The lowest BCUT2D eigenvalue weighted by Crippen LogP contribution is -2.25. The largest absolute Gasteiger partial charge is 0.499 e. The number of hydrogen-bond acceptors (Lipinski definition) is 7. The number of H-pyrrole nitrogens is 1. The molecule has 1 aliphatic heterocycles. The van der Waals surface area contributed by atoms with Gasteiger partial charge in [-0.05, 0) is 36.5 Å². The Bertz CT molecular complexity index is 1170. The van der Waals surface area contributed by atoms with Gasteiger partial charge in [-0.25, -0.2) is 0 Å². The van der Waals surface area contributed by atoms with E-state index in [1.54, 1.807) is 4.68 Å². The predicted molar refractivity (Wildman–Crippen MR) is 104 cm³/mol. The highest BCUT2D eigenvalue weighted by Gasteiger charge is 2.26. The first-order valence-electron chi connectivity index (χ1n) is 8.33. The number of fused-ring (bicyclic) bond motifs is 1. The fourth-order valence-electron chi connectivity index (χ4n) is 3.28. The molecule has 0 bridgehead atoms. The highest BCUT2D eigenvalue weighted by molar-refractivity contribution is 7.11. The van der Waals surface area contributed by atoms with Crippen molar-refractivity contribution in [3.05, 3.63) is 67.3 Å². The van der Waals surface area contributed by atoms with Gasteiger partial charge in [-0.3, -0.25) is 24.2 Å². The molecule has 1 aromatic carbocycles. The van der Waals surface area contributed by atoms with Gasteiger partial charge in [0.2, 0.25) is 0 Å². The van der Waals surface area contributed by atoms with Crippen LogP contribution in [0.15, 0.2) is 44.9 Å². The molecule has 0 spiro atoms. The molecule has 9 heteroatoms. The SMILES string of the molecule is Cc1cc([C@H]2CC(c3c(O)sc(=O)[nH]c3=O)=Nc3ccccc3N2)n(C)n1. The predicted octanol–water partition coefficient (Wildman–Crippen LogP) is 2.22. The van der Waals surface area contributed by atoms with Crippen LogP contribution in [0.3, 0.4) is 0 Å². The molecule has 138 valence electrons. The summed E-state index contributed by atoms with van der Waals surface area (Å²) in [4.78, 5) is 30.1. The van der Waals surface area contributed by atoms with Crippen molar-refractivity contribution in [3.8, 4) is 5.06 Å². The average molecular weight is 383 g/mol. The van der Waals surface area contributed by atoms with Crippen LogP contribution in [0.4, 0.5) is 11.4 Å². The molecule has 1 aliphatic rings. The standard InChI is InChI=1S/C18H17N5O3S/c1-9-7-14(23(2)22-9)12-8-13(15-16(24)21-18(26)27-17(15)25)20-11-6-4-3-5-10(11)19-12/h3-7,12,19,25H,8H2,1-2H3,(H,21,24,26)/t12-/m1/s1. The van der Waals surface area contributed by atoms with Gasteiger partial charge < -0.3 is 10.4 Å². The molecule has 0 unspecified atom stereocenters. The second kappa shape index (κ2) is 6.51. The van der Waals surface area contributed by atoms with E-state index < -0.39 is 10.4 Å². The molecule has 3 N–H and O–H groups in total. The number of nitrogens with one attached hydrogen (secondary N) is 2. The first kappa shape index (κ1) is 17.2. The van der Waals surface area contributed by atoms with Gasteiger partial charge in [0, 0.05) is 13.5 Å². The minimum atomic E-state index is -0.644. The van der Waals surface area contributed by atoms with E-state index in [0.717, 1.165) is 17.1 Å². The number of aryl methyl sites for hydroxylation is 2. The lowest BCUT2D eigenvalue weighted by molar-refractivity contribution is 0.487. The fraction of sp³-hybridized carbons (Fsp3) is 0.222. The smallest absolute Gasteiger partial charge is 0.310 e. The van der Waals surface area contributed by atoms with Crippen LogP contribution in [0.25, 0.3) is 0 Å². The Balaban J connectivity index is 1.91. The third-order valence-corrected chi connectivity index (χ3v) is 5.10. The Labute approximate surface area is 157 Å². The number of rotatable bonds is 2. The van der Waals surface area contributed by atoms with Gasteiger partial charge in [-0.1, -0.05) is 12.1 Å². The van der Waals surface area contributed by atoms with Gasteiger partial charge in [0.05, 0.1) is 34.5 Å². The molecular weight excluding hydrogens is 366 g/mol. The monoisotopic (exact) mass is 383 g/mol. The minimum Gasteiger partial charge on any atom is -0.499 e. The summed E-state index contributed by atoms with van der Waals surface area (Å²) in [6.45, 7) is 1.91. The highest BCUT2D eigenvalue weighted by Crippen LogP contribution is 2.36. The van der Waals surface area contributed by atoms with E-state index in [-0.39, 0.29) is 16.7 Å². The number of aromatic hydroxyl groups is 1. The van der Waals surface area contributed by atoms with Crippen molar-refractivity contribution < 1.29 is 5.11 Å². The summed E-state index contributed by atoms with van der Waals surface area (Å²) >= 11 is 0.585. The maximum Gasteiger partial charge on any atom is 0.310 e. The Morgan fingerprint density at radius 3 is 2.78 bits per heavy atom. The highest BCUT2D eigenvalue weighted by atomic mass is 32.1. The second-order valence-corrected chi connectivity index (χ2v) is 7.30. The van der Waals surface area contributed by atoms with Crippen molar-refractivity contribution >= 4 is 28.4 Å². The average Bonchev–Trinajstić information content (AvgIpc) is 2.82. The summed E-state index contributed by atoms with van der Waals surface area (Å²) in [6, 6.07) is 9.24. The molecule has 0 saturated heterocycles. The van der Waals surface area contributed by atoms with E-state index in [1.165, 1.54) is 0 Å². The number of aliphatic imine (C=N–C) groups is 1. The van der Waals surface area contributed by atoms with Crippen LogP contribution in [0.1, 0.15) is 29.4 Å². The lowest BCUT2D eigenvalue weighted by Gasteiger charge is -2.19. The second-order valence-electron chi connectivity index (χ2n) is 6.33. The van der Waals surface area contributed by atoms with Crippen molar-refractivity contribution in [1.29, 1.82) is 0 Å². The lowest BCUT2D eigenvalue weighted by atomic mass is 10.0. The van der Waals surface area contributed by atoms with Gasteiger partial charge >= 0.3 is 4.87 Å². The summed E-state index contributed by atoms with van der Waals surface area (Å²) in [6.07, 6.45) is 0.342. The molecule has 0 fully saturated rings. The van der Waals surface area contributed by atoms with Crippen LogP contribution in [0, 0.1) is 6.92 Å². The molecule has 4 rings (SSSR count). The summed E-state index contributed by atoms with van der Waals surface area (Å²) < 4.78 is 1.78. The Hall–Kier alpha value is -3.20. The molecule has 2 aromatic heterocycles. The van der Waals surface area contributed by atoms with E-state index in [2.05, 4.69) is 20.4 Å². The zero-order chi connectivity index (χ0) is 19.1. The third kappa shape index (κ3) is 3.17. The van der Waals surface area contributed by atoms with Gasteiger partial charge in [0.25, 0.3) is 5.56 Å². The summed E-state index contributed by atoms with van der Waals surface area (Å²) in [5.74, 6) is 0. The minimum absolute atomic E-state index is 0.0296. The first-order chi connectivity index (χ1) is 12.9. The number of aromatic amines is 1. The van der Waals surface area contributed by atoms with Gasteiger partial charge in [-0.15, -0.1) is 0 Å². The fourth-order valence-corrected chi connectivity index (χ4v) is 3.91. The number of para-hydroxylation sites is 2. The van der Waals surface area contributed by atoms with Crippen molar-refractivity contribution in [2.75, 3.05) is 5.32 Å². The maximum atomic E-state index is 12.4. The molecule has 8 nitrogen and oxygen atoms in total. The number of hydrogen-bond donors (Lipinski definition) is 3. The quantitative estimate of drug-likeness (QED) is 0.628. The molecule has 3 aromatic rings. The van der Waals surface area contributed by atoms with E-state index in [9.17, 15) is 14.7 Å². The Kier molecular flexibility index (Phi) is 4.15. The molecule has 27 heavy (non-hydrogen) atoms. The van der Waals surface area contributed by atoms with Gasteiger partial charge in [-0.2, -0.15) is 5.10 Å². The molecule has 1 atom stereocenters. The normalized spacial score (nSPS) is 16.2. The van der Waals surface area contributed by atoms with Crippen molar-refractivity contribution in [2.24, 2.45) is 12.0 Å². The Morgan fingerprint density at radius 1 is 1.30 bits per heavy atom. The van der Waals surface area contributed by atoms with Crippen molar-refractivity contribution in [1.82, 2.24) is 14.8 Å². The first-order valence-corrected chi connectivity index (χ1v) is 9.14. The molecule has 3 heterocycles. The number of nitrogens with zero attached hydrogens (tertiary/aromatic N) is 3. The number of anilines is 1. The molecule has 0 radical (unpaired) electrons. The van der Waals surface area contributed by atoms with Crippen molar-refractivity contribution in [3.63, 3.8) is 0 Å². The van der Waals surface area contributed by atoms with E-state index in [1.807, 2.05) is 44.3 Å². The zero-order valence-corrected chi connectivity index (χ0v) is 15.5. The van der Waals surface area contributed by atoms with Crippen LogP contribution in [-0.4, -0.2) is 25.6 Å². The van der Waals surface area contributed by atoms with Crippen LogP contribution in [-0.2, 0) is 7.05 Å². The summed E-state index contributed by atoms with van der Waals surface area (Å²) in [7, 11) is 1.86. The van der Waals surface area contributed by atoms with Gasteiger partial charge in [0.1, 0.15) is 5.56 Å². The van der Waals surface area contributed by atoms with E-state index in [0.29, 0.717) is 29.2 Å². The van der Waals surface area contributed by atoms with Crippen molar-refractivity contribution in [2.45, 2.75) is 19.4 Å². The van der Waals surface area contributed by atoms with Crippen LogP contribution >= 0.6 is 11.3 Å². The number of benzene rings is 1. The molecule has 0 amide bonds. The topological polar surface area (TPSA) is 112 Å².